The summed E-state index contributed by atoms with van der Waals surface area (Å²) in [6.45, 7) is 1.06. The molecule has 0 saturated carbocycles. The average molecular weight is 209 g/mol. The third-order valence-corrected chi connectivity index (χ3v) is 1.95. The predicted molar refractivity (Wildman–Crippen MR) is 51.7 cm³/mol. The first kappa shape index (κ1) is 12.7. The lowest BCUT2D eigenvalue weighted by Crippen LogP contribution is -2.29. The van der Waals surface area contributed by atoms with Gasteiger partial charge in [-0.05, 0) is 19.4 Å². The van der Waals surface area contributed by atoms with Gasteiger partial charge in [-0.15, -0.1) is 11.6 Å². The monoisotopic (exact) mass is 208 g/mol. The second kappa shape index (κ2) is 8.29. The fourth-order valence-electron chi connectivity index (χ4n) is 0.953. The number of carbonyl (C=O) groups is 1. The number of unbranched alkanes of at least 4 members (excludes halogenated alkanes) is 3. The standard InChI is InChI=1S/C8H17ClN2O2/c9-7-8(12)11(13)6-4-2-1-3-5-10/h13H,1-7,10H2. The molecule has 0 aromatic heterocycles. The van der Waals surface area contributed by atoms with E-state index in [9.17, 15) is 4.79 Å². The zero-order valence-electron chi connectivity index (χ0n) is 7.71. The summed E-state index contributed by atoms with van der Waals surface area (Å²) in [6.07, 6.45) is 3.80. The quantitative estimate of drug-likeness (QED) is 0.284. The van der Waals surface area contributed by atoms with Crippen LogP contribution in [0.1, 0.15) is 25.7 Å². The molecule has 13 heavy (non-hydrogen) atoms. The van der Waals surface area contributed by atoms with E-state index in [-0.39, 0.29) is 5.88 Å². The van der Waals surface area contributed by atoms with Crippen molar-refractivity contribution in [2.45, 2.75) is 25.7 Å². The van der Waals surface area contributed by atoms with Crippen molar-refractivity contribution in [2.24, 2.45) is 5.73 Å². The van der Waals surface area contributed by atoms with Crippen LogP contribution in [0.4, 0.5) is 0 Å². The van der Waals surface area contributed by atoms with Crippen molar-refractivity contribution >= 4 is 17.5 Å². The lowest BCUT2D eigenvalue weighted by molar-refractivity contribution is -0.162. The number of hydrogen-bond donors (Lipinski definition) is 2. The number of alkyl halides is 1. The first-order valence-corrected chi connectivity index (χ1v) is 5.01. The van der Waals surface area contributed by atoms with Crippen molar-refractivity contribution < 1.29 is 10.0 Å². The molecule has 78 valence electrons. The Morgan fingerprint density at radius 3 is 2.46 bits per heavy atom. The molecule has 4 nitrogen and oxygen atoms in total. The number of rotatable bonds is 7. The Balaban J connectivity index is 3.26. The van der Waals surface area contributed by atoms with Gasteiger partial charge in [0.2, 0.25) is 0 Å². The molecule has 0 aromatic rings. The second-order valence-electron chi connectivity index (χ2n) is 2.85. The highest BCUT2D eigenvalue weighted by molar-refractivity contribution is 6.27. The van der Waals surface area contributed by atoms with E-state index >= 15 is 0 Å². The molecule has 0 aromatic carbocycles. The molecular weight excluding hydrogens is 192 g/mol. The molecule has 0 fully saturated rings. The van der Waals surface area contributed by atoms with E-state index in [0.717, 1.165) is 25.7 Å². The number of carbonyl (C=O) groups excluding carboxylic acids is 1. The molecular formula is C8H17ClN2O2. The topological polar surface area (TPSA) is 66.6 Å². The molecule has 5 heteroatoms. The summed E-state index contributed by atoms with van der Waals surface area (Å²) in [5.41, 5.74) is 5.31. The van der Waals surface area contributed by atoms with Gasteiger partial charge in [0.15, 0.2) is 0 Å². The van der Waals surface area contributed by atoms with Crippen molar-refractivity contribution in [3.8, 4) is 0 Å². The molecule has 3 N–H and O–H groups in total. The van der Waals surface area contributed by atoms with Gasteiger partial charge >= 0.3 is 0 Å². The van der Waals surface area contributed by atoms with Crippen LogP contribution in [0.3, 0.4) is 0 Å². The van der Waals surface area contributed by atoms with Gasteiger partial charge in [-0.3, -0.25) is 10.0 Å². The molecule has 0 unspecified atom stereocenters. The van der Waals surface area contributed by atoms with Crippen LogP contribution in [-0.4, -0.2) is 35.1 Å². The van der Waals surface area contributed by atoms with Crippen LogP contribution in [0.5, 0.6) is 0 Å². The van der Waals surface area contributed by atoms with Gasteiger partial charge < -0.3 is 5.73 Å². The minimum Gasteiger partial charge on any atom is -0.330 e. The first-order chi connectivity index (χ1) is 6.22. The highest BCUT2D eigenvalue weighted by atomic mass is 35.5. The average Bonchev–Trinajstić information content (AvgIpc) is 2.16. The van der Waals surface area contributed by atoms with Crippen molar-refractivity contribution in [3.05, 3.63) is 0 Å². The summed E-state index contributed by atoms with van der Waals surface area (Å²) in [7, 11) is 0. The van der Waals surface area contributed by atoms with Crippen LogP contribution in [-0.2, 0) is 4.79 Å². The van der Waals surface area contributed by atoms with E-state index in [2.05, 4.69) is 0 Å². The molecule has 0 saturated heterocycles. The van der Waals surface area contributed by atoms with E-state index in [4.69, 9.17) is 22.5 Å². The molecule has 1 amide bonds. The normalized spacial score (nSPS) is 10.1. The number of nitrogens with two attached hydrogens (primary N) is 1. The smallest absolute Gasteiger partial charge is 0.260 e. The second-order valence-corrected chi connectivity index (χ2v) is 3.12. The summed E-state index contributed by atoms with van der Waals surface area (Å²) >= 11 is 5.24. The van der Waals surface area contributed by atoms with Gasteiger partial charge in [-0.2, -0.15) is 0 Å². The van der Waals surface area contributed by atoms with Gasteiger partial charge in [-0.1, -0.05) is 12.8 Å². The van der Waals surface area contributed by atoms with Gasteiger partial charge in [0, 0.05) is 6.54 Å². The Morgan fingerprint density at radius 1 is 1.31 bits per heavy atom. The Bertz CT molecular complexity index is 144. The Labute approximate surface area is 83.6 Å². The summed E-state index contributed by atoms with van der Waals surface area (Å²) in [5.74, 6) is -0.611. The molecule has 0 bridgehead atoms. The number of hydrogen-bond acceptors (Lipinski definition) is 3. The Kier molecular flexibility index (Phi) is 8.08. The van der Waals surface area contributed by atoms with Crippen LogP contribution in [0.25, 0.3) is 0 Å². The van der Waals surface area contributed by atoms with E-state index in [1.165, 1.54) is 0 Å². The first-order valence-electron chi connectivity index (χ1n) is 4.47. The van der Waals surface area contributed by atoms with Crippen LogP contribution in [0, 0.1) is 0 Å². The molecule has 0 aliphatic carbocycles. The summed E-state index contributed by atoms with van der Waals surface area (Å²) in [4.78, 5) is 10.8. The predicted octanol–water partition coefficient (Wildman–Crippen LogP) is 0.962. The van der Waals surface area contributed by atoms with Crippen LogP contribution < -0.4 is 5.73 Å². The number of amides is 1. The van der Waals surface area contributed by atoms with Crippen molar-refractivity contribution in [2.75, 3.05) is 19.0 Å². The highest BCUT2D eigenvalue weighted by Crippen LogP contribution is 2.00. The number of nitrogens with zero attached hydrogens (tertiary/aromatic N) is 1. The number of hydroxylamine groups is 2. The zero-order chi connectivity index (χ0) is 10.1. The highest BCUT2D eigenvalue weighted by Gasteiger charge is 2.07. The zero-order valence-corrected chi connectivity index (χ0v) is 8.46. The van der Waals surface area contributed by atoms with Crippen molar-refractivity contribution in [3.63, 3.8) is 0 Å². The van der Waals surface area contributed by atoms with Crippen LogP contribution in [0.2, 0.25) is 0 Å². The maximum Gasteiger partial charge on any atom is 0.260 e. The Hall–Kier alpha value is -0.320. The van der Waals surface area contributed by atoms with Gasteiger partial charge in [0.05, 0.1) is 0 Å². The van der Waals surface area contributed by atoms with Crippen LogP contribution >= 0.6 is 11.6 Å². The van der Waals surface area contributed by atoms with E-state index in [0.29, 0.717) is 18.2 Å². The Morgan fingerprint density at radius 2 is 1.92 bits per heavy atom. The molecule has 0 radical (unpaired) electrons. The van der Waals surface area contributed by atoms with E-state index in [1.54, 1.807) is 0 Å². The van der Waals surface area contributed by atoms with E-state index in [1.807, 2.05) is 0 Å². The largest absolute Gasteiger partial charge is 0.330 e. The molecule has 0 aliphatic heterocycles. The molecule has 0 rings (SSSR count). The minimum atomic E-state index is -0.444. The van der Waals surface area contributed by atoms with Gasteiger partial charge in [0.25, 0.3) is 5.91 Å². The SMILES string of the molecule is NCCCCCCN(O)C(=O)CCl. The maximum atomic E-state index is 10.8. The molecule has 0 heterocycles. The maximum absolute atomic E-state index is 10.8. The molecule has 0 aliphatic rings. The fraction of sp³-hybridized carbons (Fsp3) is 0.875. The summed E-state index contributed by atoms with van der Waals surface area (Å²) < 4.78 is 0. The summed E-state index contributed by atoms with van der Waals surface area (Å²) in [6, 6.07) is 0. The van der Waals surface area contributed by atoms with Crippen LogP contribution in [0.15, 0.2) is 0 Å². The lowest BCUT2D eigenvalue weighted by Gasteiger charge is -2.12. The molecule has 0 atom stereocenters. The van der Waals surface area contributed by atoms with E-state index < -0.39 is 5.91 Å². The minimum absolute atomic E-state index is 0.167. The molecule has 0 spiro atoms. The van der Waals surface area contributed by atoms with Crippen molar-refractivity contribution in [1.29, 1.82) is 0 Å². The van der Waals surface area contributed by atoms with Gasteiger partial charge in [-0.25, -0.2) is 5.06 Å². The lowest BCUT2D eigenvalue weighted by atomic mass is 10.2. The third-order valence-electron chi connectivity index (χ3n) is 1.73. The fourth-order valence-corrected chi connectivity index (χ4v) is 1.09. The van der Waals surface area contributed by atoms with Crippen molar-refractivity contribution in [1.82, 2.24) is 5.06 Å². The number of halogens is 1. The third kappa shape index (κ3) is 6.81. The van der Waals surface area contributed by atoms with Gasteiger partial charge in [0.1, 0.15) is 5.88 Å². The summed E-state index contributed by atoms with van der Waals surface area (Å²) in [5, 5.41) is 9.72.